The molecule has 0 aliphatic carbocycles. The van der Waals surface area contributed by atoms with Gasteiger partial charge < -0.3 is 15.4 Å². The smallest absolute Gasteiger partial charge is 0.230 e. The Labute approximate surface area is 207 Å². The van der Waals surface area contributed by atoms with E-state index in [9.17, 15) is 4.79 Å². The predicted molar refractivity (Wildman–Crippen MR) is 143 cm³/mol. The molecule has 0 bridgehead atoms. The number of anilines is 1. The minimum atomic E-state index is -0.0849. The van der Waals surface area contributed by atoms with Crippen LogP contribution >= 0.6 is 11.3 Å². The van der Waals surface area contributed by atoms with Gasteiger partial charge in [-0.25, -0.2) is 4.98 Å². The lowest BCUT2D eigenvalue weighted by Crippen LogP contribution is -2.44. The van der Waals surface area contributed by atoms with Gasteiger partial charge in [0, 0.05) is 43.7 Å². The van der Waals surface area contributed by atoms with Crippen LogP contribution in [0.3, 0.4) is 0 Å². The third-order valence-corrected chi connectivity index (χ3v) is 6.17. The highest BCUT2D eigenvalue weighted by atomic mass is 32.1. The number of ether oxygens (including phenoxy) is 1. The summed E-state index contributed by atoms with van der Waals surface area (Å²) in [6, 6.07) is 7.77. The zero-order valence-corrected chi connectivity index (χ0v) is 21.1. The van der Waals surface area contributed by atoms with Crippen molar-refractivity contribution >= 4 is 27.9 Å². The van der Waals surface area contributed by atoms with Crippen molar-refractivity contribution in [2.24, 2.45) is 0 Å². The van der Waals surface area contributed by atoms with Crippen LogP contribution in [0.2, 0.25) is 0 Å². The molecule has 1 saturated heterocycles. The molecule has 0 radical (unpaired) electrons. The van der Waals surface area contributed by atoms with Gasteiger partial charge in [0.15, 0.2) is 5.13 Å². The lowest BCUT2D eigenvalue weighted by Gasteiger charge is -2.26. The normalized spacial score (nSPS) is 15.3. The van der Waals surface area contributed by atoms with Crippen LogP contribution in [0.1, 0.15) is 37.9 Å². The van der Waals surface area contributed by atoms with Gasteiger partial charge in [0.25, 0.3) is 0 Å². The molecule has 7 heteroatoms. The molecule has 2 aromatic rings. The van der Waals surface area contributed by atoms with Gasteiger partial charge >= 0.3 is 0 Å². The molecule has 1 fully saturated rings. The summed E-state index contributed by atoms with van der Waals surface area (Å²) in [5.74, 6) is 0.715. The van der Waals surface area contributed by atoms with Crippen molar-refractivity contribution in [2.75, 3.05) is 44.6 Å². The van der Waals surface area contributed by atoms with E-state index in [1.54, 1.807) is 0 Å². The van der Waals surface area contributed by atoms with Gasteiger partial charge in [-0.05, 0) is 31.0 Å². The third-order valence-electron chi connectivity index (χ3n) is 5.41. The summed E-state index contributed by atoms with van der Waals surface area (Å²) in [6.07, 6.45) is 12.8. The maximum atomic E-state index is 12.6. The van der Waals surface area contributed by atoms with Gasteiger partial charge in [-0.1, -0.05) is 55.9 Å². The van der Waals surface area contributed by atoms with Crippen LogP contribution in [0.25, 0.3) is 5.57 Å². The summed E-state index contributed by atoms with van der Waals surface area (Å²) >= 11 is 1.44. The molecule has 34 heavy (non-hydrogen) atoms. The number of amides is 1. The molecule has 1 amide bonds. The van der Waals surface area contributed by atoms with Crippen molar-refractivity contribution < 1.29 is 9.53 Å². The Morgan fingerprint density at radius 2 is 2.18 bits per heavy atom. The first kappa shape index (κ1) is 25.9. The van der Waals surface area contributed by atoms with Crippen LogP contribution in [0, 0.1) is 0 Å². The zero-order valence-electron chi connectivity index (χ0n) is 20.3. The summed E-state index contributed by atoms with van der Waals surface area (Å²) in [5, 5.41) is 8.88. The first-order chi connectivity index (χ1) is 16.7. The van der Waals surface area contributed by atoms with Crippen LogP contribution in [0.15, 0.2) is 60.0 Å². The fourth-order valence-electron chi connectivity index (χ4n) is 3.63. The van der Waals surface area contributed by atoms with Crippen LogP contribution in [0.5, 0.6) is 5.75 Å². The van der Waals surface area contributed by atoms with Gasteiger partial charge in [0.05, 0.1) is 12.1 Å². The second-order valence-electron chi connectivity index (χ2n) is 8.19. The van der Waals surface area contributed by atoms with E-state index in [-0.39, 0.29) is 12.3 Å². The molecular weight excluding hydrogens is 444 g/mol. The van der Waals surface area contributed by atoms with E-state index in [0.29, 0.717) is 11.7 Å². The maximum absolute atomic E-state index is 12.6. The molecule has 1 aromatic carbocycles. The quantitative estimate of drug-likeness (QED) is 0.422. The Bertz CT molecular complexity index is 990. The van der Waals surface area contributed by atoms with Gasteiger partial charge in [0.1, 0.15) is 12.4 Å². The Hall–Kier alpha value is -2.74. The SMILES string of the molecule is C\C=C/C(=C\C=C\CCC)c1csc(NC(=O)Cc2cccc(OCCN3CCNCC3)c2)n1. The van der Waals surface area contributed by atoms with E-state index in [1.165, 1.54) is 11.3 Å². The molecule has 2 N–H and O–H groups in total. The number of nitrogens with one attached hydrogen (secondary N) is 2. The number of thiazole rings is 1. The molecule has 0 saturated carbocycles. The number of hydrogen-bond acceptors (Lipinski definition) is 6. The highest BCUT2D eigenvalue weighted by Crippen LogP contribution is 2.23. The molecule has 1 aliphatic heterocycles. The number of carbonyl (C=O) groups excluding carboxylic acids is 1. The average Bonchev–Trinajstić information content (AvgIpc) is 3.30. The van der Waals surface area contributed by atoms with Gasteiger partial charge in [-0.3, -0.25) is 9.69 Å². The number of aromatic nitrogens is 1. The molecule has 182 valence electrons. The molecule has 3 rings (SSSR count). The number of hydrogen-bond donors (Lipinski definition) is 2. The minimum absolute atomic E-state index is 0.0849. The van der Waals surface area contributed by atoms with Crippen LogP contribution in [-0.4, -0.2) is 55.1 Å². The van der Waals surface area contributed by atoms with E-state index in [0.717, 1.165) is 68.1 Å². The maximum Gasteiger partial charge on any atom is 0.230 e. The Morgan fingerprint density at radius 1 is 1.32 bits per heavy atom. The van der Waals surface area contributed by atoms with Crippen LogP contribution in [-0.2, 0) is 11.2 Å². The Kier molecular flexibility index (Phi) is 11.0. The second kappa shape index (κ2) is 14.5. The zero-order chi connectivity index (χ0) is 24.0. The number of allylic oxidation sites excluding steroid dienone is 6. The first-order valence-electron chi connectivity index (χ1n) is 12.1. The van der Waals surface area contributed by atoms with Crippen molar-refractivity contribution in [1.82, 2.24) is 15.2 Å². The van der Waals surface area contributed by atoms with Gasteiger partial charge in [-0.2, -0.15) is 0 Å². The molecule has 2 heterocycles. The van der Waals surface area contributed by atoms with Gasteiger partial charge in [0.2, 0.25) is 5.91 Å². The number of nitrogens with zero attached hydrogens (tertiary/aromatic N) is 2. The predicted octanol–water partition coefficient (Wildman–Crippen LogP) is 4.92. The largest absolute Gasteiger partial charge is 0.492 e. The molecule has 1 aromatic heterocycles. The fraction of sp³-hybridized carbons (Fsp3) is 0.407. The summed E-state index contributed by atoms with van der Waals surface area (Å²) in [4.78, 5) is 19.6. The molecule has 0 atom stereocenters. The fourth-order valence-corrected chi connectivity index (χ4v) is 4.36. The third kappa shape index (κ3) is 8.89. The number of piperazine rings is 1. The lowest BCUT2D eigenvalue weighted by molar-refractivity contribution is -0.115. The number of carbonyl (C=O) groups is 1. The summed E-state index contributed by atoms with van der Waals surface area (Å²) in [6.45, 7) is 9.90. The van der Waals surface area contributed by atoms with Crippen molar-refractivity contribution in [2.45, 2.75) is 33.1 Å². The highest BCUT2D eigenvalue weighted by Gasteiger charge is 2.11. The van der Waals surface area contributed by atoms with E-state index in [2.05, 4.69) is 45.7 Å². The van der Waals surface area contributed by atoms with Crippen LogP contribution in [0.4, 0.5) is 5.13 Å². The Balaban J connectivity index is 1.51. The van der Waals surface area contributed by atoms with E-state index >= 15 is 0 Å². The number of unbranched alkanes of at least 4 members (excludes halogenated alkanes) is 1. The average molecular weight is 481 g/mol. The molecular formula is C27H36N4O2S. The van der Waals surface area contributed by atoms with E-state index in [4.69, 9.17) is 4.74 Å². The highest BCUT2D eigenvalue weighted by molar-refractivity contribution is 7.14. The van der Waals surface area contributed by atoms with Crippen molar-refractivity contribution in [3.05, 3.63) is 71.3 Å². The molecule has 0 spiro atoms. The lowest BCUT2D eigenvalue weighted by atomic mass is 10.1. The standard InChI is InChI=1S/C27H36N4O2S/c1-3-5-6-7-11-23(9-4-2)25-21-34-27(29-25)30-26(32)20-22-10-8-12-24(19-22)33-18-17-31-15-13-28-14-16-31/h4,6-12,19,21,28H,3,5,13-18,20H2,1-2H3,(H,29,30,32)/b7-6+,9-4-,23-11+. The summed E-state index contributed by atoms with van der Waals surface area (Å²) in [7, 11) is 0. The van der Waals surface area contributed by atoms with Crippen LogP contribution < -0.4 is 15.4 Å². The van der Waals surface area contributed by atoms with Crippen molar-refractivity contribution in [3.8, 4) is 5.75 Å². The minimum Gasteiger partial charge on any atom is -0.492 e. The number of rotatable bonds is 12. The monoisotopic (exact) mass is 480 g/mol. The number of benzene rings is 1. The molecule has 6 nitrogen and oxygen atoms in total. The van der Waals surface area contributed by atoms with E-state index in [1.807, 2.05) is 48.7 Å². The molecule has 1 aliphatic rings. The van der Waals surface area contributed by atoms with Gasteiger partial charge in [-0.15, -0.1) is 11.3 Å². The van der Waals surface area contributed by atoms with E-state index < -0.39 is 0 Å². The molecule has 0 unspecified atom stereocenters. The van der Waals surface area contributed by atoms with Crippen molar-refractivity contribution in [3.63, 3.8) is 0 Å². The topological polar surface area (TPSA) is 66.5 Å². The summed E-state index contributed by atoms with van der Waals surface area (Å²) < 4.78 is 5.93. The first-order valence-corrected chi connectivity index (χ1v) is 13.0. The second-order valence-corrected chi connectivity index (χ2v) is 9.05. The summed E-state index contributed by atoms with van der Waals surface area (Å²) in [5.41, 5.74) is 2.81. The Morgan fingerprint density at radius 3 is 2.97 bits per heavy atom. The van der Waals surface area contributed by atoms with Crippen molar-refractivity contribution in [1.29, 1.82) is 0 Å².